The maximum atomic E-state index is 13.7. The molecule has 0 radical (unpaired) electrons. The van der Waals surface area contributed by atoms with Crippen molar-refractivity contribution in [3.05, 3.63) is 41.5 Å². The largest absolute Gasteiger partial charge is 0.485 e. The van der Waals surface area contributed by atoms with E-state index in [0.717, 1.165) is 6.42 Å². The third-order valence-corrected chi connectivity index (χ3v) is 6.85. The van der Waals surface area contributed by atoms with Gasteiger partial charge in [0.15, 0.2) is 6.61 Å². The minimum Gasteiger partial charge on any atom is -0.485 e. The number of hydrogen-bond acceptors (Lipinski definition) is 7. The Morgan fingerprint density at radius 3 is 2.49 bits per heavy atom. The van der Waals surface area contributed by atoms with Crippen LogP contribution in [0.3, 0.4) is 0 Å². The number of carbonyl (C=O) groups is 3. The molecule has 10 heteroatoms. The van der Waals surface area contributed by atoms with Gasteiger partial charge in [-0.1, -0.05) is 51.9 Å². The van der Waals surface area contributed by atoms with Crippen molar-refractivity contribution >= 4 is 17.7 Å². The van der Waals surface area contributed by atoms with E-state index in [-0.39, 0.29) is 35.8 Å². The highest BCUT2D eigenvalue weighted by Crippen LogP contribution is 2.25. The molecule has 2 unspecified atom stereocenters. The van der Waals surface area contributed by atoms with Gasteiger partial charge in [-0.3, -0.25) is 14.4 Å². The Morgan fingerprint density at radius 2 is 1.87 bits per heavy atom. The van der Waals surface area contributed by atoms with Crippen molar-refractivity contribution in [3.8, 4) is 5.75 Å². The number of rotatable bonds is 10. The molecule has 1 aliphatic rings. The van der Waals surface area contributed by atoms with Crippen LogP contribution < -0.4 is 10.1 Å². The molecule has 2 heterocycles. The summed E-state index contributed by atoms with van der Waals surface area (Å²) in [6.07, 6.45) is 1.82. The second kappa shape index (κ2) is 12.6. The molecule has 2 aromatic rings. The Bertz CT molecular complexity index is 1150. The molecule has 3 rings (SSSR count). The summed E-state index contributed by atoms with van der Waals surface area (Å²) in [7, 11) is 1.76. The van der Waals surface area contributed by atoms with E-state index < -0.39 is 18.0 Å². The van der Waals surface area contributed by atoms with Crippen LogP contribution in [-0.4, -0.2) is 69.4 Å². The van der Waals surface area contributed by atoms with E-state index in [1.807, 2.05) is 48.5 Å². The molecule has 0 aliphatic carbocycles. The van der Waals surface area contributed by atoms with Crippen molar-refractivity contribution in [2.45, 2.75) is 97.9 Å². The lowest BCUT2D eigenvalue weighted by molar-refractivity contribution is -0.145. The second-order valence-electron chi connectivity index (χ2n) is 11.9. The van der Waals surface area contributed by atoms with Crippen LogP contribution in [0, 0.1) is 5.92 Å². The predicted molar refractivity (Wildman–Crippen MR) is 147 cm³/mol. The quantitative estimate of drug-likeness (QED) is 0.484. The van der Waals surface area contributed by atoms with Crippen molar-refractivity contribution in [1.82, 2.24) is 25.3 Å². The molecule has 2 atom stereocenters. The zero-order valence-electron chi connectivity index (χ0n) is 24.5. The highest BCUT2D eigenvalue weighted by atomic mass is 16.5. The molecule has 1 fully saturated rings. The van der Waals surface area contributed by atoms with Gasteiger partial charge >= 0.3 is 0 Å². The Hall–Kier alpha value is -3.43. The second-order valence-corrected chi connectivity index (χ2v) is 11.9. The molecule has 0 bridgehead atoms. The molecule has 1 aromatic heterocycles. The summed E-state index contributed by atoms with van der Waals surface area (Å²) in [5, 5.41) is 6.90. The fourth-order valence-electron chi connectivity index (χ4n) is 4.45. The fourth-order valence-corrected chi connectivity index (χ4v) is 4.45. The van der Waals surface area contributed by atoms with Gasteiger partial charge in [-0.25, -0.2) is 0 Å². The van der Waals surface area contributed by atoms with Gasteiger partial charge in [-0.2, -0.15) is 4.98 Å². The first kappa shape index (κ1) is 30.1. The van der Waals surface area contributed by atoms with E-state index in [1.165, 1.54) is 0 Å². The van der Waals surface area contributed by atoms with E-state index in [0.29, 0.717) is 42.4 Å². The summed E-state index contributed by atoms with van der Waals surface area (Å²) in [5.74, 6) is 0.649. The van der Waals surface area contributed by atoms with E-state index in [9.17, 15) is 14.4 Å². The number of amides is 3. The van der Waals surface area contributed by atoms with E-state index in [4.69, 9.17) is 9.26 Å². The number of carbonyl (C=O) groups excluding carboxylic acids is 3. The molecule has 1 saturated heterocycles. The number of nitrogens with one attached hydrogen (secondary N) is 1. The number of benzene rings is 1. The Labute approximate surface area is 231 Å². The van der Waals surface area contributed by atoms with Crippen LogP contribution in [0.5, 0.6) is 5.75 Å². The zero-order chi connectivity index (χ0) is 28.9. The molecule has 10 nitrogen and oxygen atoms in total. The Balaban J connectivity index is 1.75. The molecule has 0 spiro atoms. The molecule has 3 amide bonds. The molecular formula is C29H43N5O5. The van der Waals surface area contributed by atoms with E-state index in [1.54, 1.807) is 41.1 Å². The number of aromatic nitrogens is 2. The highest BCUT2D eigenvalue weighted by Gasteiger charge is 2.39. The smallest absolute Gasteiger partial charge is 0.255 e. The SMILES string of the molecule is CC(C)CC(NC(=O)c1ccccc1OCc1noc(C(C)(C)C)n1)C(=O)N1CCCC1C(=O)N(C)C(C)C. The predicted octanol–water partition coefficient (Wildman–Crippen LogP) is 3.95. The van der Waals surface area contributed by atoms with Gasteiger partial charge in [0.25, 0.3) is 5.91 Å². The van der Waals surface area contributed by atoms with Gasteiger partial charge in [0.1, 0.15) is 17.8 Å². The maximum Gasteiger partial charge on any atom is 0.255 e. The lowest BCUT2D eigenvalue weighted by Gasteiger charge is -2.32. The van der Waals surface area contributed by atoms with Gasteiger partial charge in [0.05, 0.1) is 5.56 Å². The third kappa shape index (κ3) is 7.58. The van der Waals surface area contributed by atoms with Crippen LogP contribution in [0.15, 0.2) is 28.8 Å². The molecule has 1 N–H and O–H groups in total. The molecule has 1 aliphatic heterocycles. The van der Waals surface area contributed by atoms with Crippen LogP contribution in [0.4, 0.5) is 0 Å². The van der Waals surface area contributed by atoms with Crippen molar-refractivity contribution in [2.75, 3.05) is 13.6 Å². The van der Waals surface area contributed by atoms with Gasteiger partial charge in [-0.05, 0) is 51.2 Å². The number of para-hydroxylation sites is 1. The average molecular weight is 542 g/mol. The van der Waals surface area contributed by atoms with Crippen LogP contribution in [-0.2, 0) is 21.6 Å². The summed E-state index contributed by atoms with van der Waals surface area (Å²) in [6, 6.07) is 5.60. The number of hydrogen-bond donors (Lipinski definition) is 1. The summed E-state index contributed by atoms with van der Waals surface area (Å²) in [4.78, 5) is 48.0. The summed E-state index contributed by atoms with van der Waals surface area (Å²) in [6.45, 7) is 14.3. The number of likely N-dealkylation sites (tertiary alicyclic amines) is 1. The molecule has 1 aromatic carbocycles. The number of nitrogens with zero attached hydrogens (tertiary/aromatic N) is 4. The van der Waals surface area contributed by atoms with Crippen molar-refractivity contribution in [2.24, 2.45) is 5.92 Å². The van der Waals surface area contributed by atoms with Crippen LogP contribution in [0.25, 0.3) is 0 Å². The average Bonchev–Trinajstić information content (AvgIpc) is 3.55. The van der Waals surface area contributed by atoms with Crippen LogP contribution >= 0.6 is 0 Å². The highest BCUT2D eigenvalue weighted by molar-refractivity contribution is 6.00. The van der Waals surface area contributed by atoms with Gasteiger partial charge < -0.3 is 24.4 Å². The molecule has 0 saturated carbocycles. The first-order chi connectivity index (χ1) is 18.3. The third-order valence-electron chi connectivity index (χ3n) is 6.85. The van der Waals surface area contributed by atoms with Crippen LogP contribution in [0.1, 0.15) is 89.8 Å². The summed E-state index contributed by atoms with van der Waals surface area (Å²) in [5.41, 5.74) is 0.0108. The van der Waals surface area contributed by atoms with Crippen molar-refractivity contribution < 1.29 is 23.6 Å². The molecule has 39 heavy (non-hydrogen) atoms. The topological polar surface area (TPSA) is 118 Å². The van der Waals surface area contributed by atoms with Crippen molar-refractivity contribution in [3.63, 3.8) is 0 Å². The van der Waals surface area contributed by atoms with Gasteiger partial charge in [-0.15, -0.1) is 0 Å². The first-order valence-electron chi connectivity index (χ1n) is 13.7. The van der Waals surface area contributed by atoms with Gasteiger partial charge in [0.2, 0.25) is 23.5 Å². The summed E-state index contributed by atoms with van der Waals surface area (Å²) < 4.78 is 11.2. The molecular weight excluding hydrogens is 498 g/mol. The lowest BCUT2D eigenvalue weighted by atomic mass is 9.97. The summed E-state index contributed by atoms with van der Waals surface area (Å²) >= 11 is 0. The zero-order valence-corrected chi connectivity index (χ0v) is 24.5. The molecule has 214 valence electrons. The minimum absolute atomic E-state index is 0.0269. The normalized spacial score (nSPS) is 16.5. The minimum atomic E-state index is -0.769. The standard InChI is InChI=1S/C29H43N5O5/c1-18(2)16-21(26(36)34-15-11-13-22(34)27(37)33(8)19(3)4)30-25(35)20-12-9-10-14-23(20)38-17-24-31-28(39-32-24)29(5,6)7/h9-10,12,14,18-19,21-22H,11,13,15-17H2,1-8H3,(H,30,35). The van der Waals surface area contributed by atoms with E-state index >= 15 is 0 Å². The lowest BCUT2D eigenvalue weighted by Crippen LogP contribution is -2.54. The fraction of sp³-hybridized carbons (Fsp3) is 0.621. The number of likely N-dealkylation sites (N-methyl/N-ethyl adjacent to an activating group) is 1. The van der Waals surface area contributed by atoms with E-state index in [2.05, 4.69) is 15.5 Å². The Kier molecular flexibility index (Phi) is 9.74. The van der Waals surface area contributed by atoms with Crippen molar-refractivity contribution in [1.29, 1.82) is 0 Å². The number of ether oxygens (including phenoxy) is 1. The van der Waals surface area contributed by atoms with Gasteiger partial charge in [0, 0.05) is 25.0 Å². The maximum absolute atomic E-state index is 13.7. The van der Waals surface area contributed by atoms with Crippen LogP contribution in [0.2, 0.25) is 0 Å². The Morgan fingerprint density at radius 1 is 1.18 bits per heavy atom. The first-order valence-corrected chi connectivity index (χ1v) is 13.7. The monoisotopic (exact) mass is 541 g/mol.